The van der Waals surface area contributed by atoms with Crippen LogP contribution in [0.15, 0.2) is 48.5 Å². The number of anilines is 4. The number of hydrogen-bond donors (Lipinski definition) is 5. The lowest BCUT2D eigenvalue weighted by Crippen LogP contribution is -2.27. The molecule has 0 aliphatic rings. The number of carbonyl (C=O) groups is 1. The van der Waals surface area contributed by atoms with Gasteiger partial charge in [-0.1, -0.05) is 12.1 Å². The van der Waals surface area contributed by atoms with Crippen molar-refractivity contribution in [3.05, 3.63) is 65.5 Å². The van der Waals surface area contributed by atoms with Crippen molar-refractivity contribution in [3.63, 3.8) is 0 Å². The number of nitrogens with zero attached hydrogens (tertiary/aromatic N) is 3. The third kappa shape index (κ3) is 10.2. The molecule has 11 nitrogen and oxygen atoms in total. The first-order valence-electron chi connectivity index (χ1n) is 12.4. The quantitative estimate of drug-likeness (QED) is 0.176. The minimum Gasteiger partial charge on any atom is -0.378 e. The van der Waals surface area contributed by atoms with Crippen LogP contribution < -0.4 is 27.0 Å². The first-order chi connectivity index (χ1) is 18.4. The highest BCUT2D eigenvalue weighted by molar-refractivity contribution is 5.94. The first-order valence-corrected chi connectivity index (χ1v) is 12.4. The molecule has 0 atom stereocenters. The second-order valence-corrected chi connectivity index (χ2v) is 8.56. The van der Waals surface area contributed by atoms with Crippen LogP contribution in [0.5, 0.6) is 0 Å². The number of benzene rings is 2. The van der Waals surface area contributed by atoms with Crippen LogP contribution in [0.3, 0.4) is 0 Å². The lowest BCUT2D eigenvalue weighted by Gasteiger charge is -2.13. The topological polar surface area (TPSA) is 148 Å². The van der Waals surface area contributed by atoms with Crippen LogP contribution in [0.2, 0.25) is 0 Å². The standard InChI is InChI=1S/C26H35FN8O3/c1-18(2)31-25-33-24(30-17-19-4-3-5-21(27)16-19)34-26(35-25)32-22-8-6-20(7-9-22)23(36)29-11-13-38-15-14-37-12-10-28/h3-9,16,18H,10-15,17,28H2,1-2H3,(H,29,36)(H3,30,31,32,33,34,35). The van der Waals surface area contributed by atoms with Crippen LogP contribution in [0, 0.1) is 5.82 Å². The summed E-state index contributed by atoms with van der Waals surface area (Å²) in [6, 6.07) is 13.4. The summed E-state index contributed by atoms with van der Waals surface area (Å²) >= 11 is 0. The van der Waals surface area contributed by atoms with Crippen molar-refractivity contribution in [1.29, 1.82) is 0 Å². The van der Waals surface area contributed by atoms with Gasteiger partial charge in [0.15, 0.2) is 0 Å². The molecule has 0 bridgehead atoms. The maximum absolute atomic E-state index is 13.5. The number of halogens is 1. The number of aromatic nitrogens is 3. The Morgan fingerprint density at radius 1 is 0.947 bits per heavy atom. The Morgan fingerprint density at radius 2 is 1.66 bits per heavy atom. The molecule has 0 fully saturated rings. The molecule has 6 N–H and O–H groups in total. The Kier molecular flexibility index (Phi) is 11.6. The van der Waals surface area contributed by atoms with E-state index in [1.54, 1.807) is 30.3 Å². The van der Waals surface area contributed by atoms with E-state index in [4.69, 9.17) is 15.2 Å². The van der Waals surface area contributed by atoms with E-state index in [1.807, 2.05) is 19.9 Å². The molecule has 204 valence electrons. The minimum absolute atomic E-state index is 0.106. The van der Waals surface area contributed by atoms with Gasteiger partial charge in [-0.3, -0.25) is 4.79 Å². The summed E-state index contributed by atoms with van der Waals surface area (Å²) in [5.41, 5.74) is 7.31. The summed E-state index contributed by atoms with van der Waals surface area (Å²) in [5.74, 6) is 0.531. The lowest BCUT2D eigenvalue weighted by molar-refractivity contribution is 0.0511. The Bertz CT molecular complexity index is 1150. The molecule has 0 spiro atoms. The van der Waals surface area contributed by atoms with E-state index >= 15 is 0 Å². The third-order valence-electron chi connectivity index (χ3n) is 4.96. The molecule has 0 saturated carbocycles. The molecule has 0 radical (unpaired) electrons. The molecule has 3 rings (SSSR count). The smallest absolute Gasteiger partial charge is 0.251 e. The maximum atomic E-state index is 13.5. The fourth-order valence-corrected chi connectivity index (χ4v) is 3.24. The molecule has 12 heteroatoms. The van der Waals surface area contributed by atoms with E-state index < -0.39 is 0 Å². The maximum Gasteiger partial charge on any atom is 0.251 e. The van der Waals surface area contributed by atoms with Gasteiger partial charge in [-0.15, -0.1) is 0 Å². The molecule has 0 aliphatic carbocycles. The van der Waals surface area contributed by atoms with Crippen LogP contribution >= 0.6 is 0 Å². The summed E-state index contributed by atoms with van der Waals surface area (Å²) in [6.45, 7) is 6.98. The van der Waals surface area contributed by atoms with E-state index in [0.717, 1.165) is 5.56 Å². The SMILES string of the molecule is CC(C)Nc1nc(NCc2cccc(F)c2)nc(Nc2ccc(C(=O)NCCOCCOCCN)cc2)n1. The van der Waals surface area contributed by atoms with Gasteiger partial charge < -0.3 is 36.5 Å². The highest BCUT2D eigenvalue weighted by Crippen LogP contribution is 2.18. The van der Waals surface area contributed by atoms with Crippen molar-refractivity contribution in [2.45, 2.75) is 26.4 Å². The summed E-state index contributed by atoms with van der Waals surface area (Å²) in [5, 5.41) is 12.2. The van der Waals surface area contributed by atoms with Crippen molar-refractivity contribution in [3.8, 4) is 0 Å². The average Bonchev–Trinajstić information content (AvgIpc) is 2.89. The van der Waals surface area contributed by atoms with Gasteiger partial charge in [0.05, 0.1) is 26.4 Å². The molecule has 38 heavy (non-hydrogen) atoms. The van der Waals surface area contributed by atoms with Gasteiger partial charge in [-0.2, -0.15) is 15.0 Å². The molecule has 0 unspecified atom stereocenters. The van der Waals surface area contributed by atoms with Gasteiger partial charge in [0, 0.05) is 36.9 Å². The molecule has 1 heterocycles. The van der Waals surface area contributed by atoms with Crippen LogP contribution in [-0.2, 0) is 16.0 Å². The highest BCUT2D eigenvalue weighted by Gasteiger charge is 2.10. The zero-order chi connectivity index (χ0) is 27.2. The van der Waals surface area contributed by atoms with E-state index in [1.165, 1.54) is 12.1 Å². The van der Waals surface area contributed by atoms with Gasteiger partial charge in [0.1, 0.15) is 5.82 Å². The number of ether oxygens (including phenoxy) is 2. The minimum atomic E-state index is -0.306. The second kappa shape index (κ2) is 15.4. The molecule has 0 aliphatic heterocycles. The number of carbonyl (C=O) groups excluding carboxylic acids is 1. The van der Waals surface area contributed by atoms with Gasteiger partial charge in [-0.25, -0.2) is 4.39 Å². The molecule has 2 aromatic carbocycles. The fourth-order valence-electron chi connectivity index (χ4n) is 3.24. The van der Waals surface area contributed by atoms with Gasteiger partial charge in [0.25, 0.3) is 5.91 Å². The van der Waals surface area contributed by atoms with Crippen LogP contribution in [0.4, 0.5) is 27.9 Å². The number of amides is 1. The van der Waals surface area contributed by atoms with Crippen LogP contribution in [0.25, 0.3) is 0 Å². The molecule has 3 aromatic rings. The summed E-state index contributed by atoms with van der Waals surface area (Å²) in [7, 11) is 0. The Hall–Kier alpha value is -3.87. The number of hydrogen-bond acceptors (Lipinski definition) is 10. The molecular weight excluding hydrogens is 491 g/mol. The molecular formula is C26H35FN8O3. The van der Waals surface area contributed by atoms with Crippen molar-refractivity contribution in [1.82, 2.24) is 20.3 Å². The Labute approximate surface area is 221 Å². The fraction of sp³-hybridized carbons (Fsp3) is 0.385. The summed E-state index contributed by atoms with van der Waals surface area (Å²) in [6.07, 6.45) is 0. The van der Waals surface area contributed by atoms with Gasteiger partial charge in [0.2, 0.25) is 17.8 Å². The van der Waals surface area contributed by atoms with E-state index in [-0.39, 0.29) is 17.8 Å². The number of nitrogens with one attached hydrogen (secondary N) is 4. The Balaban J connectivity index is 1.55. The van der Waals surface area contributed by atoms with Crippen molar-refractivity contribution < 1.29 is 18.7 Å². The van der Waals surface area contributed by atoms with Crippen LogP contribution in [0.1, 0.15) is 29.8 Å². The normalized spacial score (nSPS) is 10.9. The zero-order valence-electron chi connectivity index (χ0n) is 21.7. The molecule has 1 amide bonds. The predicted octanol–water partition coefficient (Wildman–Crippen LogP) is 2.91. The third-order valence-corrected chi connectivity index (χ3v) is 4.96. The zero-order valence-corrected chi connectivity index (χ0v) is 21.7. The van der Waals surface area contributed by atoms with E-state index in [0.29, 0.717) is 75.2 Å². The van der Waals surface area contributed by atoms with Crippen molar-refractivity contribution in [2.24, 2.45) is 5.73 Å². The Morgan fingerprint density at radius 3 is 2.37 bits per heavy atom. The van der Waals surface area contributed by atoms with Gasteiger partial charge in [-0.05, 0) is 55.8 Å². The van der Waals surface area contributed by atoms with Crippen LogP contribution in [-0.4, -0.2) is 66.4 Å². The van der Waals surface area contributed by atoms with Crippen molar-refractivity contribution in [2.75, 3.05) is 55.5 Å². The summed E-state index contributed by atoms with van der Waals surface area (Å²) in [4.78, 5) is 25.6. The average molecular weight is 527 g/mol. The van der Waals surface area contributed by atoms with E-state index in [9.17, 15) is 9.18 Å². The monoisotopic (exact) mass is 526 g/mol. The molecule has 1 aromatic heterocycles. The van der Waals surface area contributed by atoms with Gasteiger partial charge >= 0.3 is 0 Å². The highest BCUT2D eigenvalue weighted by atomic mass is 19.1. The lowest BCUT2D eigenvalue weighted by atomic mass is 10.2. The predicted molar refractivity (Wildman–Crippen MR) is 145 cm³/mol. The van der Waals surface area contributed by atoms with Crippen molar-refractivity contribution >= 4 is 29.4 Å². The number of nitrogens with two attached hydrogens (primary N) is 1. The first kappa shape index (κ1) is 28.7. The summed E-state index contributed by atoms with van der Waals surface area (Å²) < 4.78 is 24.1. The number of rotatable bonds is 16. The second-order valence-electron chi connectivity index (χ2n) is 8.56. The largest absolute Gasteiger partial charge is 0.378 e. The molecule has 0 saturated heterocycles. The van der Waals surface area contributed by atoms with E-state index in [2.05, 4.69) is 36.2 Å².